The first-order valence-electron chi connectivity index (χ1n) is 6.68. The largest absolute Gasteiger partial charge is 0.383 e. The fourth-order valence-corrected chi connectivity index (χ4v) is 3.01. The monoisotopic (exact) mass is 241 g/mol. The molecule has 17 heavy (non-hydrogen) atoms. The molecule has 0 aromatic carbocycles. The molecule has 1 aliphatic carbocycles. The summed E-state index contributed by atoms with van der Waals surface area (Å²) in [5.41, 5.74) is -0.117. The Balaban J connectivity index is 2.58. The lowest BCUT2D eigenvalue weighted by atomic mass is 9.70. The molecule has 1 aliphatic rings. The zero-order chi connectivity index (χ0) is 12.9. The standard InChI is InChI=1S/C14H27NO2/c1-12-6-5-7-14(8-12,11-16)10-15(3)13(2)9-17-4/h11-13H,5-10H2,1-4H3. The number of rotatable bonds is 6. The molecular formula is C14H27NO2. The lowest BCUT2D eigenvalue weighted by Gasteiger charge is -2.39. The summed E-state index contributed by atoms with van der Waals surface area (Å²) in [6, 6.07) is 0.369. The highest BCUT2D eigenvalue weighted by Crippen LogP contribution is 2.38. The van der Waals surface area contributed by atoms with E-state index in [1.165, 1.54) is 19.1 Å². The van der Waals surface area contributed by atoms with Gasteiger partial charge in [0.2, 0.25) is 0 Å². The highest BCUT2D eigenvalue weighted by atomic mass is 16.5. The highest BCUT2D eigenvalue weighted by Gasteiger charge is 2.36. The highest BCUT2D eigenvalue weighted by molar-refractivity contribution is 5.60. The third-order valence-corrected chi connectivity index (χ3v) is 4.10. The van der Waals surface area contributed by atoms with Crippen LogP contribution in [-0.4, -0.2) is 44.5 Å². The van der Waals surface area contributed by atoms with Gasteiger partial charge in [-0.1, -0.05) is 19.8 Å². The molecule has 0 saturated heterocycles. The predicted octanol–water partition coefficient (Wildman–Crippen LogP) is 2.35. The van der Waals surface area contributed by atoms with E-state index in [2.05, 4.69) is 25.8 Å². The van der Waals surface area contributed by atoms with Crippen LogP contribution in [0.1, 0.15) is 39.5 Å². The zero-order valence-corrected chi connectivity index (χ0v) is 11.7. The van der Waals surface area contributed by atoms with Gasteiger partial charge in [-0.25, -0.2) is 0 Å². The van der Waals surface area contributed by atoms with Crippen LogP contribution in [0.3, 0.4) is 0 Å². The fourth-order valence-electron chi connectivity index (χ4n) is 3.01. The molecule has 1 fully saturated rings. The van der Waals surface area contributed by atoms with Crippen molar-refractivity contribution in [3.05, 3.63) is 0 Å². The molecule has 1 saturated carbocycles. The summed E-state index contributed by atoms with van der Waals surface area (Å²) in [6.07, 6.45) is 5.75. The Morgan fingerprint density at radius 2 is 2.29 bits per heavy atom. The van der Waals surface area contributed by atoms with Crippen molar-refractivity contribution in [3.8, 4) is 0 Å². The van der Waals surface area contributed by atoms with Crippen LogP contribution in [0.5, 0.6) is 0 Å². The molecule has 0 N–H and O–H groups in total. The number of aldehydes is 1. The van der Waals surface area contributed by atoms with Crippen LogP contribution in [-0.2, 0) is 9.53 Å². The van der Waals surface area contributed by atoms with Crippen molar-refractivity contribution in [2.24, 2.45) is 11.3 Å². The number of ether oxygens (including phenoxy) is 1. The first-order chi connectivity index (χ1) is 8.03. The van der Waals surface area contributed by atoms with Gasteiger partial charge < -0.3 is 14.4 Å². The summed E-state index contributed by atoms with van der Waals surface area (Å²) >= 11 is 0. The Morgan fingerprint density at radius 1 is 1.59 bits per heavy atom. The smallest absolute Gasteiger partial charge is 0.127 e. The summed E-state index contributed by atoms with van der Waals surface area (Å²) in [4.78, 5) is 13.7. The van der Waals surface area contributed by atoms with E-state index in [4.69, 9.17) is 4.74 Å². The number of hydrogen-bond donors (Lipinski definition) is 0. The second-order valence-electron chi connectivity index (χ2n) is 5.90. The zero-order valence-electron chi connectivity index (χ0n) is 11.7. The molecule has 0 bridgehead atoms. The molecule has 1 rings (SSSR count). The second kappa shape index (κ2) is 6.50. The first kappa shape index (κ1) is 14.7. The number of methoxy groups -OCH3 is 1. The van der Waals surface area contributed by atoms with Gasteiger partial charge in [0.05, 0.1) is 6.61 Å². The Morgan fingerprint density at radius 3 is 2.82 bits per heavy atom. The van der Waals surface area contributed by atoms with Crippen molar-refractivity contribution in [1.82, 2.24) is 4.90 Å². The Hall–Kier alpha value is -0.410. The van der Waals surface area contributed by atoms with Gasteiger partial charge in [-0.05, 0) is 32.7 Å². The molecular weight excluding hydrogens is 214 g/mol. The lowest BCUT2D eigenvalue weighted by molar-refractivity contribution is -0.120. The van der Waals surface area contributed by atoms with Crippen LogP contribution in [0.4, 0.5) is 0 Å². The molecule has 3 nitrogen and oxygen atoms in total. The van der Waals surface area contributed by atoms with Gasteiger partial charge in [0.1, 0.15) is 6.29 Å². The minimum Gasteiger partial charge on any atom is -0.383 e. The molecule has 100 valence electrons. The normalized spacial score (nSPS) is 31.5. The summed E-state index contributed by atoms with van der Waals surface area (Å²) in [5.74, 6) is 0.681. The SMILES string of the molecule is COCC(C)N(C)CC1(C=O)CCCC(C)C1. The van der Waals surface area contributed by atoms with Crippen molar-refractivity contribution < 1.29 is 9.53 Å². The average molecular weight is 241 g/mol. The van der Waals surface area contributed by atoms with E-state index < -0.39 is 0 Å². The third-order valence-electron chi connectivity index (χ3n) is 4.10. The molecule has 0 heterocycles. The number of hydrogen-bond acceptors (Lipinski definition) is 3. The maximum absolute atomic E-state index is 11.5. The molecule has 3 unspecified atom stereocenters. The lowest BCUT2D eigenvalue weighted by Crippen LogP contribution is -2.44. The van der Waals surface area contributed by atoms with Gasteiger partial charge in [0.15, 0.2) is 0 Å². The molecule has 3 atom stereocenters. The number of likely N-dealkylation sites (N-methyl/N-ethyl adjacent to an activating group) is 1. The maximum Gasteiger partial charge on any atom is 0.127 e. The van der Waals surface area contributed by atoms with Crippen molar-refractivity contribution in [2.75, 3.05) is 27.3 Å². The van der Waals surface area contributed by atoms with Crippen molar-refractivity contribution in [1.29, 1.82) is 0 Å². The van der Waals surface area contributed by atoms with Crippen LogP contribution in [0.15, 0.2) is 0 Å². The van der Waals surface area contributed by atoms with Gasteiger partial charge in [0, 0.05) is 25.1 Å². The van der Waals surface area contributed by atoms with E-state index in [9.17, 15) is 4.79 Å². The van der Waals surface area contributed by atoms with Crippen LogP contribution < -0.4 is 0 Å². The molecule has 3 heteroatoms. The van der Waals surface area contributed by atoms with Crippen LogP contribution >= 0.6 is 0 Å². The summed E-state index contributed by atoms with van der Waals surface area (Å²) in [7, 11) is 3.82. The average Bonchev–Trinajstić information content (AvgIpc) is 2.29. The van der Waals surface area contributed by atoms with Gasteiger partial charge in [-0.15, -0.1) is 0 Å². The number of nitrogens with zero attached hydrogens (tertiary/aromatic N) is 1. The first-order valence-corrected chi connectivity index (χ1v) is 6.68. The molecule has 0 aromatic rings. The van der Waals surface area contributed by atoms with E-state index >= 15 is 0 Å². The summed E-state index contributed by atoms with van der Waals surface area (Å²) < 4.78 is 5.17. The summed E-state index contributed by atoms with van der Waals surface area (Å²) in [5, 5.41) is 0. The minimum atomic E-state index is -0.117. The Labute approximate surface area is 106 Å². The Kier molecular flexibility index (Phi) is 5.60. The third kappa shape index (κ3) is 4.07. The van der Waals surface area contributed by atoms with Crippen LogP contribution in [0, 0.1) is 11.3 Å². The number of carbonyl (C=O) groups excluding carboxylic acids is 1. The Bertz CT molecular complexity index is 244. The molecule has 0 radical (unpaired) electrons. The topological polar surface area (TPSA) is 29.5 Å². The van der Waals surface area contributed by atoms with E-state index in [0.717, 1.165) is 26.0 Å². The van der Waals surface area contributed by atoms with Crippen LogP contribution in [0.25, 0.3) is 0 Å². The van der Waals surface area contributed by atoms with E-state index in [1.54, 1.807) is 7.11 Å². The van der Waals surface area contributed by atoms with Crippen LogP contribution in [0.2, 0.25) is 0 Å². The van der Waals surface area contributed by atoms with Gasteiger partial charge in [-0.2, -0.15) is 0 Å². The fraction of sp³-hybridized carbons (Fsp3) is 0.929. The van der Waals surface area contributed by atoms with Crippen molar-refractivity contribution in [2.45, 2.75) is 45.6 Å². The van der Waals surface area contributed by atoms with Gasteiger partial charge in [0.25, 0.3) is 0 Å². The van der Waals surface area contributed by atoms with E-state index in [0.29, 0.717) is 12.0 Å². The van der Waals surface area contributed by atoms with Crippen molar-refractivity contribution in [3.63, 3.8) is 0 Å². The molecule has 0 aromatic heterocycles. The second-order valence-corrected chi connectivity index (χ2v) is 5.90. The van der Waals surface area contributed by atoms with Gasteiger partial charge >= 0.3 is 0 Å². The van der Waals surface area contributed by atoms with Gasteiger partial charge in [-0.3, -0.25) is 0 Å². The number of carbonyl (C=O) groups is 1. The van der Waals surface area contributed by atoms with Crippen molar-refractivity contribution >= 4 is 6.29 Å². The van der Waals surface area contributed by atoms with E-state index in [1.807, 2.05) is 0 Å². The molecule has 0 amide bonds. The van der Waals surface area contributed by atoms with E-state index in [-0.39, 0.29) is 5.41 Å². The predicted molar refractivity (Wildman–Crippen MR) is 70.1 cm³/mol. The molecule has 0 aliphatic heterocycles. The minimum absolute atomic E-state index is 0.117. The summed E-state index contributed by atoms with van der Waals surface area (Å²) in [6.45, 7) is 6.00. The maximum atomic E-state index is 11.5. The quantitative estimate of drug-likeness (QED) is 0.669. The molecule has 0 spiro atoms.